The van der Waals surface area contributed by atoms with E-state index >= 15 is 0 Å². The molecule has 0 radical (unpaired) electrons. The highest BCUT2D eigenvalue weighted by molar-refractivity contribution is 7.92. The molecule has 0 aromatic heterocycles. The summed E-state index contributed by atoms with van der Waals surface area (Å²) >= 11 is 6.01. The van der Waals surface area contributed by atoms with E-state index in [1.54, 1.807) is 24.3 Å². The molecule has 0 unspecified atom stereocenters. The van der Waals surface area contributed by atoms with Gasteiger partial charge < -0.3 is 29.0 Å². The molecule has 0 atom stereocenters. The number of sulfonamides is 1. The largest absolute Gasteiger partial charge is 0.493 e. The van der Waals surface area contributed by atoms with Crippen molar-refractivity contribution >= 4 is 33.2 Å². The van der Waals surface area contributed by atoms with Crippen LogP contribution in [0.2, 0.25) is 5.02 Å². The van der Waals surface area contributed by atoms with Crippen LogP contribution in [0.3, 0.4) is 0 Å². The molecule has 0 bridgehead atoms. The topological polar surface area (TPSA) is 113 Å². The lowest BCUT2D eigenvalue weighted by Crippen LogP contribution is -2.40. The number of methoxy groups -OCH3 is 5. The first kappa shape index (κ1) is 28.7. The number of nitrogens with one attached hydrogen (secondary N) is 1. The zero-order valence-electron chi connectivity index (χ0n) is 21.6. The summed E-state index contributed by atoms with van der Waals surface area (Å²) in [5.41, 5.74) is 0.917. The van der Waals surface area contributed by atoms with E-state index in [0.717, 1.165) is 4.31 Å². The zero-order chi connectivity index (χ0) is 27.9. The van der Waals surface area contributed by atoms with Crippen LogP contribution < -0.4 is 33.3 Å². The van der Waals surface area contributed by atoms with Crippen LogP contribution in [0.15, 0.2) is 59.5 Å². The van der Waals surface area contributed by atoms with Gasteiger partial charge >= 0.3 is 0 Å². The number of ether oxygens (including phenoxy) is 5. The van der Waals surface area contributed by atoms with Crippen molar-refractivity contribution in [3.05, 3.63) is 65.2 Å². The van der Waals surface area contributed by atoms with Crippen molar-refractivity contribution < 1.29 is 36.9 Å². The van der Waals surface area contributed by atoms with Gasteiger partial charge in [0.05, 0.1) is 46.1 Å². The number of hydrogen-bond donors (Lipinski definition) is 1. The van der Waals surface area contributed by atoms with Crippen LogP contribution in [0, 0.1) is 0 Å². The predicted molar refractivity (Wildman–Crippen MR) is 143 cm³/mol. The third-order valence-electron chi connectivity index (χ3n) is 5.56. The Bertz CT molecular complexity index is 1360. The molecule has 38 heavy (non-hydrogen) atoms. The van der Waals surface area contributed by atoms with Crippen LogP contribution in [0.5, 0.6) is 28.7 Å². The van der Waals surface area contributed by atoms with Crippen LogP contribution in [0.25, 0.3) is 0 Å². The molecule has 1 amide bonds. The lowest BCUT2D eigenvalue weighted by molar-refractivity contribution is -0.119. The number of carbonyl (C=O) groups is 1. The van der Waals surface area contributed by atoms with Gasteiger partial charge in [-0.05, 0) is 54.1 Å². The van der Waals surface area contributed by atoms with Gasteiger partial charge in [0.25, 0.3) is 10.0 Å². The maximum Gasteiger partial charge on any atom is 0.264 e. The summed E-state index contributed by atoms with van der Waals surface area (Å²) in [6.45, 7) is -0.414. The summed E-state index contributed by atoms with van der Waals surface area (Å²) in [6, 6.07) is 13.7. The minimum absolute atomic E-state index is 0.0810. The molecule has 3 aromatic rings. The van der Waals surface area contributed by atoms with Crippen LogP contribution in [-0.2, 0) is 21.4 Å². The average molecular weight is 565 g/mol. The molecule has 0 aliphatic carbocycles. The van der Waals surface area contributed by atoms with E-state index in [-0.39, 0.29) is 22.9 Å². The third-order valence-corrected chi connectivity index (χ3v) is 7.58. The van der Waals surface area contributed by atoms with Crippen molar-refractivity contribution in [1.29, 1.82) is 0 Å². The van der Waals surface area contributed by atoms with Gasteiger partial charge in [0.1, 0.15) is 6.54 Å². The molecule has 0 aliphatic rings. The fraction of sp³-hybridized carbons (Fsp3) is 0.269. The number of rotatable bonds is 12. The number of amides is 1. The minimum atomic E-state index is -4.20. The molecular weight excluding hydrogens is 536 g/mol. The number of carbonyl (C=O) groups excluding carboxylic acids is 1. The van der Waals surface area contributed by atoms with Crippen molar-refractivity contribution in [3.8, 4) is 28.7 Å². The molecule has 3 aromatic carbocycles. The number of halogens is 1. The van der Waals surface area contributed by atoms with Gasteiger partial charge in [-0.2, -0.15) is 0 Å². The lowest BCUT2D eigenvalue weighted by Gasteiger charge is -2.24. The molecule has 0 saturated heterocycles. The van der Waals surface area contributed by atoms with Crippen molar-refractivity contribution in [2.75, 3.05) is 46.4 Å². The SMILES string of the molecule is COc1ccc(S(=O)(=O)N(CC(=O)NCc2cc(OC)c(OC)c(OC)c2)c2ccc(Cl)cc2)cc1OC. The van der Waals surface area contributed by atoms with E-state index in [2.05, 4.69) is 5.32 Å². The van der Waals surface area contributed by atoms with Crippen LogP contribution in [0.1, 0.15) is 5.56 Å². The van der Waals surface area contributed by atoms with E-state index in [1.165, 1.54) is 65.9 Å². The first-order valence-corrected chi connectivity index (χ1v) is 13.1. The maximum absolute atomic E-state index is 13.7. The molecule has 12 heteroatoms. The maximum atomic E-state index is 13.7. The quantitative estimate of drug-likeness (QED) is 0.352. The first-order valence-electron chi connectivity index (χ1n) is 11.2. The number of hydrogen-bond acceptors (Lipinski definition) is 8. The Hall–Kier alpha value is -3.83. The molecule has 10 nitrogen and oxygen atoms in total. The molecule has 0 spiro atoms. The summed E-state index contributed by atoms with van der Waals surface area (Å²) < 4.78 is 54.9. The predicted octanol–water partition coefficient (Wildman–Crippen LogP) is 3.89. The second-order valence-electron chi connectivity index (χ2n) is 7.82. The van der Waals surface area contributed by atoms with Gasteiger partial charge in [-0.1, -0.05) is 11.6 Å². The molecule has 0 saturated carbocycles. The summed E-state index contributed by atoms with van der Waals surface area (Å²) in [5.74, 6) is 1.33. The summed E-state index contributed by atoms with van der Waals surface area (Å²) in [6.07, 6.45) is 0. The fourth-order valence-electron chi connectivity index (χ4n) is 3.65. The number of nitrogens with zero attached hydrogens (tertiary/aromatic N) is 1. The van der Waals surface area contributed by atoms with Crippen LogP contribution >= 0.6 is 11.6 Å². The Morgan fingerprint density at radius 1 is 0.789 bits per heavy atom. The fourth-order valence-corrected chi connectivity index (χ4v) is 5.21. The highest BCUT2D eigenvalue weighted by Crippen LogP contribution is 2.38. The third kappa shape index (κ3) is 6.35. The molecule has 0 fully saturated rings. The average Bonchev–Trinajstić information content (AvgIpc) is 2.94. The van der Waals surface area contributed by atoms with Crippen molar-refractivity contribution in [3.63, 3.8) is 0 Å². The van der Waals surface area contributed by atoms with Gasteiger partial charge in [0, 0.05) is 17.6 Å². The molecule has 204 valence electrons. The first-order chi connectivity index (χ1) is 18.2. The molecule has 0 heterocycles. The second-order valence-corrected chi connectivity index (χ2v) is 10.1. The lowest BCUT2D eigenvalue weighted by atomic mass is 10.1. The number of benzene rings is 3. The van der Waals surface area contributed by atoms with Gasteiger partial charge in [-0.15, -0.1) is 0 Å². The van der Waals surface area contributed by atoms with Crippen molar-refractivity contribution in [2.24, 2.45) is 0 Å². The van der Waals surface area contributed by atoms with Crippen LogP contribution in [0.4, 0.5) is 5.69 Å². The summed E-state index contributed by atoms with van der Waals surface area (Å²) in [5, 5.41) is 3.17. The van der Waals surface area contributed by atoms with Crippen LogP contribution in [-0.4, -0.2) is 56.4 Å². The molecular formula is C26H29ClN2O8S. The monoisotopic (exact) mass is 564 g/mol. The van der Waals surface area contributed by atoms with E-state index in [1.807, 2.05) is 0 Å². The Labute approximate surface area is 227 Å². The van der Waals surface area contributed by atoms with E-state index < -0.39 is 22.5 Å². The Kier molecular flexibility index (Phi) is 9.54. The second kappa shape index (κ2) is 12.6. The van der Waals surface area contributed by atoms with Crippen molar-refractivity contribution in [2.45, 2.75) is 11.4 Å². The summed E-state index contributed by atoms with van der Waals surface area (Å²) in [4.78, 5) is 12.9. The highest BCUT2D eigenvalue weighted by atomic mass is 35.5. The molecule has 0 aliphatic heterocycles. The minimum Gasteiger partial charge on any atom is -0.493 e. The van der Waals surface area contributed by atoms with Gasteiger partial charge in [0.2, 0.25) is 11.7 Å². The highest BCUT2D eigenvalue weighted by Gasteiger charge is 2.28. The Morgan fingerprint density at radius 2 is 1.37 bits per heavy atom. The van der Waals surface area contributed by atoms with E-state index in [9.17, 15) is 13.2 Å². The summed E-state index contributed by atoms with van der Waals surface area (Å²) in [7, 11) is 3.13. The van der Waals surface area contributed by atoms with Gasteiger partial charge in [-0.25, -0.2) is 8.42 Å². The van der Waals surface area contributed by atoms with Crippen molar-refractivity contribution in [1.82, 2.24) is 5.32 Å². The molecule has 3 rings (SSSR count). The van der Waals surface area contributed by atoms with Gasteiger partial charge in [0.15, 0.2) is 23.0 Å². The van der Waals surface area contributed by atoms with E-state index in [0.29, 0.717) is 33.6 Å². The normalized spacial score (nSPS) is 10.9. The van der Waals surface area contributed by atoms with E-state index in [4.69, 9.17) is 35.3 Å². The Morgan fingerprint density at radius 3 is 1.89 bits per heavy atom. The standard InChI is InChI=1S/C26H29ClN2O8S/c1-33-21-11-10-20(14-22(21)34-2)38(31,32)29(19-8-6-18(27)7-9-19)16-25(30)28-15-17-12-23(35-3)26(37-5)24(13-17)36-4/h6-14H,15-16H2,1-5H3,(H,28,30). The molecule has 1 N–H and O–H groups in total. The zero-order valence-corrected chi connectivity index (χ0v) is 23.2. The smallest absolute Gasteiger partial charge is 0.264 e. The Balaban J connectivity index is 1.90. The number of anilines is 1. The van der Waals surface area contributed by atoms with Gasteiger partial charge in [-0.3, -0.25) is 9.10 Å².